The van der Waals surface area contributed by atoms with Crippen LogP contribution >= 0.6 is 0 Å². The van der Waals surface area contributed by atoms with Gasteiger partial charge in [0.1, 0.15) is 0 Å². The smallest absolute Gasteiger partial charge is 0.260 e. The number of nitrogens with two attached hydrogens (primary N) is 1. The predicted octanol–water partition coefficient (Wildman–Crippen LogP) is 1.64. The highest BCUT2D eigenvalue weighted by molar-refractivity contribution is 6.09. The number of benzene rings is 1. The van der Waals surface area contributed by atoms with Crippen LogP contribution in [-0.2, 0) is 0 Å². The van der Waals surface area contributed by atoms with Gasteiger partial charge in [-0.3, -0.25) is 15.6 Å². The molecule has 2 rings (SSSR count). The zero-order valence-corrected chi connectivity index (χ0v) is 10.00. The van der Waals surface area contributed by atoms with E-state index in [0.29, 0.717) is 11.3 Å². The van der Waals surface area contributed by atoms with Crippen LogP contribution in [-0.4, -0.2) is 17.9 Å². The number of nitrogens with zero attached hydrogens (tertiary/aromatic N) is 2. The zero-order valence-electron chi connectivity index (χ0n) is 10.00. The maximum Gasteiger partial charge on any atom is 0.260 e. The number of hydrazine groups is 1. The molecule has 2 aromatic rings. The van der Waals surface area contributed by atoms with Gasteiger partial charge in [0.25, 0.3) is 5.91 Å². The van der Waals surface area contributed by atoms with Crippen molar-refractivity contribution in [1.82, 2.24) is 4.98 Å². The highest BCUT2D eigenvalue weighted by atomic mass is 16.2. The molecule has 1 amide bonds. The summed E-state index contributed by atoms with van der Waals surface area (Å²) in [5, 5.41) is 0. The fourth-order valence-electron chi connectivity index (χ4n) is 1.66. The van der Waals surface area contributed by atoms with Crippen molar-refractivity contribution in [1.29, 1.82) is 0 Å². The number of rotatable bonds is 3. The van der Waals surface area contributed by atoms with Crippen molar-refractivity contribution < 1.29 is 4.79 Å². The van der Waals surface area contributed by atoms with Crippen LogP contribution in [0.5, 0.6) is 0 Å². The molecular formula is C13H14N4O. The maximum absolute atomic E-state index is 12.3. The molecule has 0 saturated heterocycles. The topological polar surface area (TPSA) is 71.2 Å². The average Bonchev–Trinajstić information content (AvgIpc) is 2.46. The van der Waals surface area contributed by atoms with Gasteiger partial charge in [0, 0.05) is 25.1 Å². The summed E-state index contributed by atoms with van der Waals surface area (Å²) >= 11 is 0. The number of carbonyl (C=O) groups is 1. The van der Waals surface area contributed by atoms with Crippen molar-refractivity contribution in [3.63, 3.8) is 0 Å². The van der Waals surface area contributed by atoms with E-state index in [0.717, 1.165) is 5.69 Å². The minimum atomic E-state index is -0.130. The minimum Gasteiger partial charge on any atom is -0.323 e. The lowest BCUT2D eigenvalue weighted by Crippen LogP contribution is -2.27. The van der Waals surface area contributed by atoms with Crippen molar-refractivity contribution in [3.8, 4) is 0 Å². The van der Waals surface area contributed by atoms with E-state index in [9.17, 15) is 4.79 Å². The molecule has 0 fully saturated rings. The Kier molecular flexibility index (Phi) is 3.54. The first-order chi connectivity index (χ1) is 8.74. The van der Waals surface area contributed by atoms with Gasteiger partial charge in [0.15, 0.2) is 0 Å². The van der Waals surface area contributed by atoms with Gasteiger partial charge in [-0.1, -0.05) is 12.1 Å². The van der Waals surface area contributed by atoms with E-state index in [4.69, 9.17) is 5.84 Å². The molecule has 5 nitrogen and oxygen atoms in total. The quantitative estimate of drug-likeness (QED) is 0.634. The van der Waals surface area contributed by atoms with Gasteiger partial charge >= 0.3 is 0 Å². The Balaban J connectivity index is 2.32. The molecule has 18 heavy (non-hydrogen) atoms. The van der Waals surface area contributed by atoms with Crippen molar-refractivity contribution in [2.24, 2.45) is 5.84 Å². The van der Waals surface area contributed by atoms with Crippen molar-refractivity contribution >= 4 is 17.3 Å². The van der Waals surface area contributed by atoms with E-state index >= 15 is 0 Å². The first-order valence-corrected chi connectivity index (χ1v) is 5.47. The molecular weight excluding hydrogens is 228 g/mol. The van der Waals surface area contributed by atoms with Crippen LogP contribution in [0.25, 0.3) is 0 Å². The van der Waals surface area contributed by atoms with Crippen LogP contribution in [0.1, 0.15) is 10.4 Å². The minimum absolute atomic E-state index is 0.130. The fourth-order valence-corrected chi connectivity index (χ4v) is 1.66. The molecule has 0 saturated carbocycles. The van der Waals surface area contributed by atoms with E-state index < -0.39 is 0 Å². The molecule has 0 unspecified atom stereocenters. The third-order valence-electron chi connectivity index (χ3n) is 2.67. The molecule has 1 aromatic carbocycles. The number of nitrogens with one attached hydrogen (secondary N) is 1. The normalized spacial score (nSPS) is 9.89. The Morgan fingerprint density at radius 1 is 1.22 bits per heavy atom. The van der Waals surface area contributed by atoms with Crippen LogP contribution in [0, 0.1) is 0 Å². The first kappa shape index (κ1) is 12.1. The summed E-state index contributed by atoms with van der Waals surface area (Å²) in [5.41, 5.74) is 4.43. The van der Waals surface area contributed by atoms with Crippen LogP contribution in [0.2, 0.25) is 0 Å². The predicted molar refractivity (Wildman–Crippen MR) is 71.2 cm³/mol. The molecule has 0 aliphatic heterocycles. The molecule has 1 aromatic heterocycles. The number of nitrogen functional groups attached to an aromatic ring is 1. The second kappa shape index (κ2) is 5.29. The number of anilines is 2. The average molecular weight is 242 g/mol. The van der Waals surface area contributed by atoms with E-state index in [1.807, 2.05) is 6.07 Å². The van der Waals surface area contributed by atoms with Crippen molar-refractivity contribution in [2.45, 2.75) is 0 Å². The largest absolute Gasteiger partial charge is 0.323 e. The second-order valence-corrected chi connectivity index (χ2v) is 3.76. The maximum atomic E-state index is 12.3. The Bertz CT molecular complexity index is 542. The van der Waals surface area contributed by atoms with Crippen LogP contribution < -0.4 is 16.2 Å². The summed E-state index contributed by atoms with van der Waals surface area (Å²) in [4.78, 5) is 17.8. The molecule has 0 bridgehead atoms. The van der Waals surface area contributed by atoms with Crippen molar-refractivity contribution in [2.75, 3.05) is 17.4 Å². The number of amides is 1. The molecule has 92 valence electrons. The van der Waals surface area contributed by atoms with Gasteiger partial charge in [0.2, 0.25) is 0 Å². The summed E-state index contributed by atoms with van der Waals surface area (Å²) in [7, 11) is 1.71. The summed E-state index contributed by atoms with van der Waals surface area (Å²) in [6, 6.07) is 10.7. The lowest BCUT2D eigenvalue weighted by Gasteiger charge is -2.18. The summed E-state index contributed by atoms with van der Waals surface area (Å²) < 4.78 is 0. The van der Waals surface area contributed by atoms with Gasteiger partial charge in [-0.15, -0.1) is 0 Å². The Morgan fingerprint density at radius 3 is 2.56 bits per heavy atom. The van der Waals surface area contributed by atoms with Gasteiger partial charge in [-0.2, -0.15) is 0 Å². The molecule has 0 aliphatic carbocycles. The third kappa shape index (κ3) is 2.31. The zero-order chi connectivity index (χ0) is 13.0. The van der Waals surface area contributed by atoms with Crippen LogP contribution in [0.4, 0.5) is 11.4 Å². The molecule has 0 radical (unpaired) electrons. The lowest BCUT2D eigenvalue weighted by molar-refractivity contribution is 0.0993. The second-order valence-electron chi connectivity index (χ2n) is 3.76. The summed E-state index contributed by atoms with van der Waals surface area (Å²) in [6.45, 7) is 0. The highest BCUT2D eigenvalue weighted by Gasteiger charge is 2.16. The van der Waals surface area contributed by atoms with Crippen LogP contribution in [0.3, 0.4) is 0 Å². The molecule has 0 aliphatic rings. The van der Waals surface area contributed by atoms with Crippen molar-refractivity contribution in [3.05, 3.63) is 54.4 Å². The Labute approximate surface area is 105 Å². The summed E-state index contributed by atoms with van der Waals surface area (Å²) in [5.74, 6) is 5.27. The molecule has 1 heterocycles. The number of hydrogen-bond donors (Lipinski definition) is 2. The standard InChI is InChI=1S/C13H14N4O/c1-17(10-6-8-15-9-7-10)13(18)11-4-2-3-5-12(11)16-14/h2-9,16H,14H2,1H3. The molecule has 0 spiro atoms. The number of aromatic nitrogens is 1. The number of para-hydroxylation sites is 1. The van der Waals surface area contributed by atoms with E-state index in [1.165, 1.54) is 0 Å². The first-order valence-electron chi connectivity index (χ1n) is 5.47. The molecule has 0 atom stereocenters. The van der Waals surface area contributed by atoms with E-state index in [-0.39, 0.29) is 5.91 Å². The van der Waals surface area contributed by atoms with E-state index in [1.54, 1.807) is 54.7 Å². The SMILES string of the molecule is CN(C(=O)c1ccccc1NN)c1ccncc1. The third-order valence-corrected chi connectivity index (χ3v) is 2.67. The lowest BCUT2D eigenvalue weighted by atomic mass is 10.1. The molecule has 3 N–H and O–H groups in total. The Morgan fingerprint density at radius 2 is 1.89 bits per heavy atom. The number of carbonyl (C=O) groups excluding carboxylic acids is 1. The van der Waals surface area contributed by atoms with Crippen LogP contribution in [0.15, 0.2) is 48.8 Å². The van der Waals surface area contributed by atoms with Gasteiger partial charge in [-0.05, 0) is 24.3 Å². The van der Waals surface area contributed by atoms with Gasteiger partial charge in [0.05, 0.1) is 11.3 Å². The Hall–Kier alpha value is -2.40. The summed E-state index contributed by atoms with van der Waals surface area (Å²) in [6.07, 6.45) is 3.29. The van der Waals surface area contributed by atoms with Gasteiger partial charge < -0.3 is 10.3 Å². The highest BCUT2D eigenvalue weighted by Crippen LogP contribution is 2.19. The monoisotopic (exact) mass is 242 g/mol. The fraction of sp³-hybridized carbons (Fsp3) is 0.0769. The molecule has 5 heteroatoms. The number of pyridine rings is 1. The number of hydrogen-bond acceptors (Lipinski definition) is 4. The van der Waals surface area contributed by atoms with Gasteiger partial charge in [-0.25, -0.2) is 0 Å². The van der Waals surface area contributed by atoms with E-state index in [2.05, 4.69) is 10.4 Å².